The van der Waals surface area contributed by atoms with Crippen molar-refractivity contribution in [2.75, 3.05) is 14.1 Å². The number of aromatic nitrogens is 2. The molecule has 2 aromatic heterocycles. The highest BCUT2D eigenvalue weighted by atomic mass is 32.1. The zero-order valence-corrected chi connectivity index (χ0v) is 17.2. The smallest absolute Gasteiger partial charge is 0.144 e. The molecular weight excluding hydrogens is 362 g/mol. The number of thiazole rings is 2. The summed E-state index contributed by atoms with van der Waals surface area (Å²) in [5.41, 5.74) is 4.25. The number of hydrogen-bond acceptors (Lipinski definition) is 6. The lowest BCUT2D eigenvalue weighted by molar-refractivity contribution is -0.117. The Morgan fingerprint density at radius 2 is 1.88 bits per heavy atom. The van der Waals surface area contributed by atoms with E-state index in [1.807, 2.05) is 45.5 Å². The van der Waals surface area contributed by atoms with E-state index in [0.717, 1.165) is 38.4 Å². The summed E-state index contributed by atoms with van der Waals surface area (Å²) >= 11 is 3.21. The summed E-state index contributed by atoms with van der Waals surface area (Å²) in [6.45, 7) is 4.89. The maximum absolute atomic E-state index is 12.5. The maximum atomic E-state index is 12.5. The fourth-order valence-corrected chi connectivity index (χ4v) is 4.70. The molecule has 0 atom stereocenters. The van der Waals surface area contributed by atoms with E-state index in [1.54, 1.807) is 22.7 Å². The van der Waals surface area contributed by atoms with Gasteiger partial charge >= 0.3 is 0 Å². The van der Waals surface area contributed by atoms with Crippen molar-refractivity contribution in [3.8, 4) is 10.6 Å². The number of Topliss-reactive ketones (excluding diaryl/α,β-unsaturated/α-hetero) is 1. The zero-order valence-electron chi connectivity index (χ0n) is 15.6. The average molecular weight is 386 g/mol. The molecule has 3 rings (SSSR count). The van der Waals surface area contributed by atoms with Gasteiger partial charge in [-0.15, -0.1) is 22.7 Å². The summed E-state index contributed by atoms with van der Waals surface area (Å²) in [7, 11) is 4.09. The topological polar surface area (TPSA) is 46.1 Å². The third-order valence-electron chi connectivity index (χ3n) is 3.93. The lowest BCUT2D eigenvalue weighted by Gasteiger charge is -2.10. The molecule has 0 spiro atoms. The van der Waals surface area contributed by atoms with Crippen molar-refractivity contribution in [2.45, 2.75) is 33.2 Å². The quantitative estimate of drug-likeness (QED) is 0.608. The number of carbonyl (C=O) groups excluding carboxylic acids is 1. The van der Waals surface area contributed by atoms with Crippen LogP contribution < -0.4 is 0 Å². The Bertz CT molecular complexity index is 911. The minimum atomic E-state index is 0.199. The SMILES string of the molecule is Cc1nc(C)c(-c2csc(CC(=O)Cc3cccc(CN(C)C)c3)n2)s1. The lowest BCUT2D eigenvalue weighted by Crippen LogP contribution is -2.11. The molecule has 0 bridgehead atoms. The van der Waals surface area contributed by atoms with Gasteiger partial charge in [0, 0.05) is 18.3 Å². The van der Waals surface area contributed by atoms with E-state index in [4.69, 9.17) is 0 Å². The summed E-state index contributed by atoms with van der Waals surface area (Å²) in [6, 6.07) is 8.26. The van der Waals surface area contributed by atoms with Gasteiger partial charge in [0.1, 0.15) is 10.8 Å². The van der Waals surface area contributed by atoms with Crippen molar-refractivity contribution in [1.29, 1.82) is 0 Å². The van der Waals surface area contributed by atoms with Gasteiger partial charge in [0.25, 0.3) is 0 Å². The first-order valence-electron chi connectivity index (χ1n) is 8.54. The van der Waals surface area contributed by atoms with Crippen LogP contribution in [0.25, 0.3) is 10.6 Å². The van der Waals surface area contributed by atoms with E-state index >= 15 is 0 Å². The molecule has 1 aromatic carbocycles. The fraction of sp³-hybridized carbons (Fsp3) is 0.350. The summed E-state index contributed by atoms with van der Waals surface area (Å²) in [4.78, 5) is 24.8. The van der Waals surface area contributed by atoms with Gasteiger partial charge in [-0.05, 0) is 39.1 Å². The Morgan fingerprint density at radius 1 is 1.12 bits per heavy atom. The highest BCUT2D eigenvalue weighted by Gasteiger charge is 2.14. The Balaban J connectivity index is 1.65. The average Bonchev–Trinajstić information content (AvgIpc) is 3.12. The molecular formula is C20H23N3OS2. The van der Waals surface area contributed by atoms with Crippen molar-refractivity contribution in [1.82, 2.24) is 14.9 Å². The predicted octanol–water partition coefficient (Wildman–Crippen LogP) is 4.30. The van der Waals surface area contributed by atoms with E-state index in [-0.39, 0.29) is 5.78 Å². The van der Waals surface area contributed by atoms with Gasteiger partial charge in [-0.3, -0.25) is 4.79 Å². The van der Waals surface area contributed by atoms with Gasteiger partial charge in [-0.2, -0.15) is 0 Å². The second kappa shape index (κ2) is 8.20. The standard InChI is InChI=1S/C20H23N3OS2/c1-13-20(26-14(2)21-13)18-12-25-19(22-18)10-17(24)9-15-6-5-7-16(8-15)11-23(3)4/h5-8,12H,9-11H2,1-4H3. The molecule has 4 nitrogen and oxygen atoms in total. The molecule has 0 aliphatic rings. The number of ketones is 1. The molecule has 0 fully saturated rings. The summed E-state index contributed by atoms with van der Waals surface area (Å²) in [6.07, 6.45) is 0.842. The largest absolute Gasteiger partial charge is 0.305 e. The molecule has 2 heterocycles. The van der Waals surface area contributed by atoms with Gasteiger partial charge in [-0.25, -0.2) is 9.97 Å². The normalized spacial score (nSPS) is 11.3. The molecule has 0 saturated carbocycles. The first kappa shape index (κ1) is 18.9. The van der Waals surface area contributed by atoms with Crippen LogP contribution in [0.5, 0.6) is 0 Å². The van der Waals surface area contributed by atoms with Crippen LogP contribution in [0.15, 0.2) is 29.6 Å². The van der Waals surface area contributed by atoms with Crippen molar-refractivity contribution in [3.63, 3.8) is 0 Å². The second-order valence-electron chi connectivity index (χ2n) is 6.72. The first-order chi connectivity index (χ1) is 12.4. The molecule has 136 valence electrons. The minimum absolute atomic E-state index is 0.199. The number of hydrogen-bond donors (Lipinski definition) is 0. The lowest BCUT2D eigenvalue weighted by atomic mass is 10.0. The van der Waals surface area contributed by atoms with Crippen LogP contribution in [0.2, 0.25) is 0 Å². The molecule has 26 heavy (non-hydrogen) atoms. The van der Waals surface area contributed by atoms with Crippen LogP contribution in [0.4, 0.5) is 0 Å². The molecule has 3 aromatic rings. The van der Waals surface area contributed by atoms with Crippen molar-refractivity contribution in [2.24, 2.45) is 0 Å². The predicted molar refractivity (Wildman–Crippen MR) is 109 cm³/mol. The van der Waals surface area contributed by atoms with Gasteiger partial charge < -0.3 is 4.90 Å². The minimum Gasteiger partial charge on any atom is -0.305 e. The zero-order chi connectivity index (χ0) is 18.7. The molecule has 6 heteroatoms. The molecule has 0 radical (unpaired) electrons. The summed E-state index contributed by atoms with van der Waals surface area (Å²) in [5.74, 6) is 0.199. The third-order valence-corrected chi connectivity index (χ3v) is 5.87. The highest BCUT2D eigenvalue weighted by molar-refractivity contribution is 7.16. The third kappa shape index (κ3) is 4.84. The van der Waals surface area contributed by atoms with E-state index in [9.17, 15) is 4.79 Å². The van der Waals surface area contributed by atoms with Crippen molar-refractivity contribution in [3.05, 3.63) is 56.5 Å². The molecule has 0 saturated heterocycles. The second-order valence-corrected chi connectivity index (χ2v) is 8.87. The highest BCUT2D eigenvalue weighted by Crippen LogP contribution is 2.30. The van der Waals surface area contributed by atoms with E-state index in [0.29, 0.717) is 12.8 Å². The van der Waals surface area contributed by atoms with Crippen molar-refractivity contribution < 1.29 is 4.79 Å². The number of nitrogens with zero attached hydrogens (tertiary/aromatic N) is 3. The van der Waals surface area contributed by atoms with Crippen molar-refractivity contribution >= 4 is 28.5 Å². The molecule has 0 unspecified atom stereocenters. The van der Waals surface area contributed by atoms with Crippen LogP contribution >= 0.6 is 22.7 Å². The van der Waals surface area contributed by atoms with Gasteiger partial charge in [0.05, 0.1) is 27.7 Å². The van der Waals surface area contributed by atoms with Gasteiger partial charge in [0.2, 0.25) is 0 Å². The number of aryl methyl sites for hydroxylation is 2. The fourth-order valence-electron chi connectivity index (χ4n) is 2.93. The molecule has 0 aliphatic carbocycles. The summed E-state index contributed by atoms with van der Waals surface area (Å²) < 4.78 is 0. The van der Waals surface area contributed by atoms with E-state index in [1.165, 1.54) is 5.56 Å². The maximum Gasteiger partial charge on any atom is 0.144 e. The Kier molecular flexibility index (Phi) is 5.96. The van der Waals surface area contributed by atoms with Crippen LogP contribution in [0.1, 0.15) is 26.8 Å². The molecule has 0 amide bonds. The first-order valence-corrected chi connectivity index (χ1v) is 10.2. The van der Waals surface area contributed by atoms with E-state index < -0.39 is 0 Å². The van der Waals surface area contributed by atoms with Gasteiger partial charge in [0.15, 0.2) is 0 Å². The number of carbonyl (C=O) groups is 1. The Hall–Kier alpha value is -1.89. The van der Waals surface area contributed by atoms with E-state index in [2.05, 4.69) is 27.0 Å². The van der Waals surface area contributed by atoms with Crippen LogP contribution in [-0.4, -0.2) is 34.7 Å². The van der Waals surface area contributed by atoms with Gasteiger partial charge in [-0.1, -0.05) is 24.3 Å². The van der Waals surface area contributed by atoms with Crippen LogP contribution in [0.3, 0.4) is 0 Å². The Labute approximate surface area is 162 Å². The number of benzene rings is 1. The monoisotopic (exact) mass is 385 g/mol. The Morgan fingerprint density at radius 3 is 2.58 bits per heavy atom. The number of rotatable bonds is 7. The van der Waals surface area contributed by atoms with Crippen LogP contribution in [-0.2, 0) is 24.2 Å². The molecule has 0 aliphatic heterocycles. The van der Waals surface area contributed by atoms with Crippen LogP contribution in [0, 0.1) is 13.8 Å². The summed E-state index contributed by atoms with van der Waals surface area (Å²) in [5, 5.41) is 3.95. The molecule has 0 N–H and O–H groups in total.